The van der Waals surface area contributed by atoms with Gasteiger partial charge in [-0.05, 0) is 59.5 Å². The van der Waals surface area contributed by atoms with E-state index in [1.54, 1.807) is 56.7 Å². The van der Waals surface area contributed by atoms with Crippen LogP contribution in [0, 0.1) is 5.41 Å². The zero-order valence-corrected chi connectivity index (χ0v) is 18.6. The van der Waals surface area contributed by atoms with Crippen LogP contribution < -0.4 is 15.2 Å². The quantitative estimate of drug-likeness (QED) is 0.306. The molecule has 0 saturated carbocycles. The van der Waals surface area contributed by atoms with Crippen LogP contribution >= 0.6 is 0 Å². The highest BCUT2D eigenvalue weighted by molar-refractivity contribution is 6.35. The Bertz CT molecular complexity index is 1150. The summed E-state index contributed by atoms with van der Waals surface area (Å²) in [7, 11) is 3.17. The molecule has 0 amide bonds. The first-order chi connectivity index (χ1) is 15.3. The summed E-state index contributed by atoms with van der Waals surface area (Å²) in [6.45, 7) is 3.89. The van der Waals surface area contributed by atoms with Gasteiger partial charge in [0.15, 0.2) is 0 Å². The third-order valence-electron chi connectivity index (χ3n) is 5.33. The largest absolute Gasteiger partial charge is 0.508 e. The van der Waals surface area contributed by atoms with Gasteiger partial charge in [-0.3, -0.25) is 5.41 Å². The number of phenolic OH excluding ortho intramolecular Hbond substituents is 2. The van der Waals surface area contributed by atoms with Crippen LogP contribution in [-0.2, 0) is 0 Å². The van der Waals surface area contributed by atoms with E-state index in [0.717, 1.165) is 0 Å². The first-order valence-corrected chi connectivity index (χ1v) is 10.2. The highest BCUT2D eigenvalue weighted by Gasteiger charge is 2.20. The van der Waals surface area contributed by atoms with Gasteiger partial charge in [0, 0.05) is 22.8 Å². The molecule has 0 aromatic heterocycles. The molecule has 0 spiro atoms. The van der Waals surface area contributed by atoms with Gasteiger partial charge in [-0.15, -0.1) is 0 Å². The van der Waals surface area contributed by atoms with Crippen LogP contribution in [0.2, 0.25) is 0 Å². The molecule has 0 unspecified atom stereocenters. The Morgan fingerprint density at radius 1 is 0.812 bits per heavy atom. The van der Waals surface area contributed by atoms with Crippen molar-refractivity contribution in [3.05, 3.63) is 82.9 Å². The zero-order valence-electron chi connectivity index (χ0n) is 18.6. The summed E-state index contributed by atoms with van der Waals surface area (Å²) in [6, 6.07) is 17.3. The van der Waals surface area contributed by atoms with E-state index in [1.165, 1.54) is 6.07 Å². The van der Waals surface area contributed by atoms with Crippen molar-refractivity contribution in [2.75, 3.05) is 14.2 Å². The van der Waals surface area contributed by atoms with Crippen molar-refractivity contribution in [2.45, 2.75) is 19.8 Å². The molecule has 32 heavy (non-hydrogen) atoms. The Balaban J connectivity index is 2.24. The second-order valence-electron chi connectivity index (χ2n) is 7.70. The Hall–Kier alpha value is -3.93. The maximum absolute atomic E-state index is 10.6. The smallest absolute Gasteiger partial charge is 0.128 e. The molecule has 3 aromatic carbocycles. The Morgan fingerprint density at radius 3 is 1.78 bits per heavy atom. The van der Waals surface area contributed by atoms with Gasteiger partial charge in [0.1, 0.15) is 23.0 Å². The predicted molar refractivity (Wildman–Crippen MR) is 128 cm³/mol. The highest BCUT2D eigenvalue weighted by Crippen LogP contribution is 2.37. The van der Waals surface area contributed by atoms with Crippen LogP contribution in [0.15, 0.2) is 60.7 Å². The molecule has 0 atom stereocenters. The van der Waals surface area contributed by atoms with Crippen LogP contribution in [0.4, 0.5) is 0 Å². The van der Waals surface area contributed by atoms with Gasteiger partial charge in [0.25, 0.3) is 0 Å². The van der Waals surface area contributed by atoms with Crippen LogP contribution in [0.5, 0.6) is 23.0 Å². The lowest BCUT2D eigenvalue weighted by Gasteiger charge is -2.18. The number of benzene rings is 3. The van der Waals surface area contributed by atoms with E-state index in [-0.39, 0.29) is 28.8 Å². The fraction of sp³-hybridized carbons (Fsp3) is 0.192. The lowest BCUT2D eigenvalue weighted by molar-refractivity contribution is 0.414. The number of hydrogen-bond acceptors (Lipinski definition) is 6. The van der Waals surface area contributed by atoms with Gasteiger partial charge >= 0.3 is 0 Å². The number of methoxy groups -OCH3 is 2. The van der Waals surface area contributed by atoms with E-state index in [1.807, 2.05) is 26.0 Å². The molecule has 0 fully saturated rings. The lowest BCUT2D eigenvalue weighted by Crippen LogP contribution is -2.11. The van der Waals surface area contributed by atoms with Gasteiger partial charge in [-0.1, -0.05) is 26.0 Å². The minimum atomic E-state index is -0.155. The van der Waals surface area contributed by atoms with E-state index in [9.17, 15) is 10.2 Å². The Labute approximate surface area is 188 Å². The van der Waals surface area contributed by atoms with Crippen molar-refractivity contribution in [3.8, 4) is 23.0 Å². The maximum atomic E-state index is 10.6. The first kappa shape index (κ1) is 22.7. The maximum Gasteiger partial charge on any atom is 0.128 e. The summed E-state index contributed by atoms with van der Waals surface area (Å²) in [5.41, 5.74) is 9.82. The minimum absolute atomic E-state index is 0.00489. The molecule has 0 aliphatic rings. The van der Waals surface area contributed by atoms with E-state index < -0.39 is 0 Å². The normalized spacial score (nSPS) is 11.8. The van der Waals surface area contributed by atoms with Crippen molar-refractivity contribution in [1.29, 1.82) is 5.41 Å². The third-order valence-corrected chi connectivity index (χ3v) is 5.33. The summed E-state index contributed by atoms with van der Waals surface area (Å²) in [6.07, 6.45) is 0. The molecular weight excluding hydrogens is 404 g/mol. The molecular formula is C26H28N2O4. The number of ether oxygens (including phenoxy) is 2. The molecule has 0 bridgehead atoms. The molecule has 5 N–H and O–H groups in total. The van der Waals surface area contributed by atoms with Crippen molar-refractivity contribution in [3.63, 3.8) is 0 Å². The second kappa shape index (κ2) is 9.47. The van der Waals surface area contributed by atoms with E-state index >= 15 is 0 Å². The molecule has 0 aliphatic carbocycles. The first-order valence-electron chi connectivity index (χ1n) is 10.2. The summed E-state index contributed by atoms with van der Waals surface area (Å²) in [4.78, 5) is 0. The van der Waals surface area contributed by atoms with Crippen molar-refractivity contribution in [2.24, 2.45) is 5.73 Å². The average molecular weight is 433 g/mol. The summed E-state index contributed by atoms with van der Waals surface area (Å²) in [5, 5.41) is 29.8. The average Bonchev–Trinajstić information content (AvgIpc) is 2.79. The minimum Gasteiger partial charge on any atom is -0.508 e. The van der Waals surface area contributed by atoms with Gasteiger partial charge in [0.05, 0.1) is 25.6 Å². The predicted octanol–water partition coefficient (Wildman–Crippen LogP) is 5.13. The summed E-state index contributed by atoms with van der Waals surface area (Å²) >= 11 is 0. The number of phenols is 2. The number of nitrogens with one attached hydrogen (secondary N) is 1. The SMILES string of the molecule is COc1ccc(C(=N)C(=C(N)c2cc(C(C)C)c(O)cc2O)c2ccc(OC)cc2)cc1. The molecule has 0 radical (unpaired) electrons. The van der Waals surface area contributed by atoms with Crippen LogP contribution in [0.3, 0.4) is 0 Å². The van der Waals surface area contributed by atoms with Crippen molar-refractivity contribution in [1.82, 2.24) is 0 Å². The van der Waals surface area contributed by atoms with Gasteiger partial charge in [-0.2, -0.15) is 0 Å². The Kier molecular flexibility index (Phi) is 6.73. The van der Waals surface area contributed by atoms with Gasteiger partial charge < -0.3 is 25.4 Å². The van der Waals surface area contributed by atoms with Crippen molar-refractivity contribution >= 4 is 17.0 Å². The molecule has 3 aromatic rings. The molecule has 0 aliphatic heterocycles. The Morgan fingerprint density at radius 2 is 1.31 bits per heavy atom. The van der Waals surface area contributed by atoms with Crippen LogP contribution in [0.25, 0.3) is 11.3 Å². The van der Waals surface area contributed by atoms with Crippen LogP contribution in [-0.4, -0.2) is 30.1 Å². The van der Waals surface area contributed by atoms with Crippen LogP contribution in [0.1, 0.15) is 42.0 Å². The van der Waals surface area contributed by atoms with Gasteiger partial charge in [-0.25, -0.2) is 0 Å². The number of rotatable bonds is 7. The molecule has 0 heterocycles. The zero-order chi connectivity index (χ0) is 23.4. The standard InChI is InChI=1S/C26H28N2O4/c1-15(2)20-13-21(23(30)14-22(20)29)26(28)24(16-5-9-18(31-3)10-6-16)25(27)17-7-11-19(32-4)12-8-17/h5-15,27,29-30H,28H2,1-4H3. The van der Waals surface area contributed by atoms with Crippen molar-refractivity contribution < 1.29 is 19.7 Å². The topological polar surface area (TPSA) is 109 Å². The lowest BCUT2D eigenvalue weighted by atomic mass is 9.90. The van der Waals surface area contributed by atoms with E-state index in [0.29, 0.717) is 39.3 Å². The monoisotopic (exact) mass is 432 g/mol. The highest BCUT2D eigenvalue weighted by atomic mass is 16.5. The molecule has 6 heteroatoms. The fourth-order valence-corrected chi connectivity index (χ4v) is 3.50. The molecule has 3 rings (SSSR count). The number of aromatic hydroxyl groups is 2. The van der Waals surface area contributed by atoms with E-state index in [4.69, 9.17) is 20.6 Å². The number of hydrogen-bond donors (Lipinski definition) is 4. The molecule has 6 nitrogen and oxygen atoms in total. The summed E-state index contributed by atoms with van der Waals surface area (Å²) < 4.78 is 10.5. The molecule has 166 valence electrons. The summed E-state index contributed by atoms with van der Waals surface area (Å²) in [5.74, 6) is 1.23. The number of allylic oxidation sites excluding steroid dienone is 1. The van der Waals surface area contributed by atoms with Gasteiger partial charge in [0.2, 0.25) is 0 Å². The third kappa shape index (κ3) is 4.54. The van der Waals surface area contributed by atoms with E-state index in [2.05, 4.69) is 0 Å². The second-order valence-corrected chi connectivity index (χ2v) is 7.70. The number of nitrogens with two attached hydrogens (primary N) is 1. The molecule has 0 saturated heterocycles. The fourth-order valence-electron chi connectivity index (χ4n) is 3.50.